The van der Waals surface area contributed by atoms with Crippen molar-refractivity contribution in [3.63, 3.8) is 0 Å². The van der Waals surface area contributed by atoms with Crippen molar-refractivity contribution in [2.24, 2.45) is 0 Å². The SMILES string of the molecule is COc1ncc(-c2cncc(N)c2)c2sc(N)nc12. The number of ether oxygens (including phenoxy) is 1. The van der Waals surface area contributed by atoms with Crippen LogP contribution in [0.5, 0.6) is 5.88 Å². The lowest BCUT2D eigenvalue weighted by Crippen LogP contribution is -1.92. The summed E-state index contributed by atoms with van der Waals surface area (Å²) in [5.41, 5.74) is 14.6. The molecule has 0 bridgehead atoms. The summed E-state index contributed by atoms with van der Waals surface area (Å²) in [5, 5.41) is 0.472. The minimum Gasteiger partial charge on any atom is -0.479 e. The zero-order valence-corrected chi connectivity index (χ0v) is 10.9. The number of thiazole rings is 1. The lowest BCUT2D eigenvalue weighted by molar-refractivity contribution is 0.402. The van der Waals surface area contributed by atoms with Crippen LogP contribution < -0.4 is 16.2 Å². The second-order valence-corrected chi connectivity index (χ2v) is 4.95. The molecule has 6 nitrogen and oxygen atoms in total. The van der Waals surface area contributed by atoms with Crippen LogP contribution in [0.25, 0.3) is 21.3 Å². The summed E-state index contributed by atoms with van der Waals surface area (Å²) in [6.45, 7) is 0. The summed E-state index contributed by atoms with van der Waals surface area (Å²) in [5.74, 6) is 0.462. The first-order valence-corrected chi connectivity index (χ1v) is 6.30. The van der Waals surface area contributed by atoms with Gasteiger partial charge in [-0.15, -0.1) is 0 Å². The van der Waals surface area contributed by atoms with Gasteiger partial charge in [0.05, 0.1) is 17.5 Å². The van der Waals surface area contributed by atoms with Crippen LogP contribution in [0.1, 0.15) is 0 Å². The van der Waals surface area contributed by atoms with E-state index in [2.05, 4.69) is 15.0 Å². The Morgan fingerprint density at radius 2 is 2.05 bits per heavy atom. The Balaban J connectivity index is 2.30. The van der Waals surface area contributed by atoms with Gasteiger partial charge in [-0.05, 0) is 6.07 Å². The molecule has 0 radical (unpaired) electrons. The fraction of sp³-hybridized carbons (Fsp3) is 0.0833. The van der Waals surface area contributed by atoms with Crippen molar-refractivity contribution in [3.05, 3.63) is 24.7 Å². The summed E-state index contributed by atoms with van der Waals surface area (Å²) in [6, 6.07) is 1.84. The molecule has 0 saturated heterocycles. The van der Waals surface area contributed by atoms with Crippen molar-refractivity contribution < 1.29 is 4.74 Å². The van der Waals surface area contributed by atoms with E-state index in [1.807, 2.05) is 6.07 Å². The standard InChI is InChI=1S/C12H11N5OS/c1-18-11-9-10(19-12(14)17-9)8(5-16-11)6-2-7(13)4-15-3-6/h2-5H,13H2,1H3,(H2,14,17). The predicted molar refractivity (Wildman–Crippen MR) is 76.0 cm³/mol. The molecule has 0 aromatic carbocycles. The molecule has 3 aromatic rings. The van der Waals surface area contributed by atoms with Crippen LogP contribution >= 0.6 is 11.3 Å². The van der Waals surface area contributed by atoms with Crippen LogP contribution in [-0.4, -0.2) is 22.1 Å². The number of aromatic nitrogens is 3. The van der Waals surface area contributed by atoms with Gasteiger partial charge < -0.3 is 16.2 Å². The smallest absolute Gasteiger partial charge is 0.241 e. The highest BCUT2D eigenvalue weighted by molar-refractivity contribution is 7.22. The molecule has 4 N–H and O–H groups in total. The van der Waals surface area contributed by atoms with Crippen molar-refractivity contribution in [2.45, 2.75) is 0 Å². The molecule has 0 spiro atoms. The number of rotatable bonds is 2. The van der Waals surface area contributed by atoms with Gasteiger partial charge in [0.15, 0.2) is 5.13 Å². The molecule has 19 heavy (non-hydrogen) atoms. The number of fused-ring (bicyclic) bond motifs is 1. The van der Waals surface area contributed by atoms with Crippen molar-refractivity contribution in [3.8, 4) is 17.0 Å². The average Bonchev–Trinajstić information content (AvgIpc) is 2.78. The molecule has 0 aliphatic carbocycles. The Hall–Kier alpha value is -2.41. The summed E-state index contributed by atoms with van der Waals surface area (Å²) in [4.78, 5) is 12.6. The van der Waals surface area contributed by atoms with Gasteiger partial charge in [0.1, 0.15) is 5.52 Å². The fourth-order valence-electron chi connectivity index (χ4n) is 1.87. The molecular weight excluding hydrogens is 262 g/mol. The van der Waals surface area contributed by atoms with E-state index >= 15 is 0 Å². The van der Waals surface area contributed by atoms with Crippen molar-refractivity contribution >= 4 is 32.4 Å². The van der Waals surface area contributed by atoms with Crippen LogP contribution in [-0.2, 0) is 0 Å². The largest absolute Gasteiger partial charge is 0.479 e. The van der Waals surface area contributed by atoms with Gasteiger partial charge in [0.25, 0.3) is 0 Å². The number of hydrogen-bond acceptors (Lipinski definition) is 7. The number of nitrogens with zero attached hydrogens (tertiary/aromatic N) is 3. The highest BCUT2D eigenvalue weighted by Gasteiger charge is 2.14. The molecule has 0 atom stereocenters. The molecule has 0 aliphatic rings. The Bertz CT molecular complexity index is 755. The monoisotopic (exact) mass is 273 g/mol. The molecule has 0 unspecified atom stereocenters. The fourth-order valence-corrected chi connectivity index (χ4v) is 2.72. The Morgan fingerprint density at radius 3 is 2.79 bits per heavy atom. The number of pyridine rings is 2. The second kappa shape index (κ2) is 4.36. The zero-order chi connectivity index (χ0) is 13.4. The molecule has 0 amide bonds. The maximum absolute atomic E-state index is 5.77. The van der Waals surface area contributed by atoms with E-state index in [0.717, 1.165) is 15.8 Å². The number of anilines is 2. The molecule has 96 valence electrons. The van der Waals surface area contributed by atoms with E-state index in [4.69, 9.17) is 16.2 Å². The molecule has 7 heteroatoms. The van der Waals surface area contributed by atoms with Gasteiger partial charge in [0, 0.05) is 29.7 Å². The minimum atomic E-state index is 0.462. The van der Waals surface area contributed by atoms with Crippen molar-refractivity contribution in [2.75, 3.05) is 18.6 Å². The van der Waals surface area contributed by atoms with Gasteiger partial charge in [-0.2, -0.15) is 0 Å². The summed E-state index contributed by atoms with van der Waals surface area (Å²) in [7, 11) is 1.55. The third-order valence-corrected chi connectivity index (χ3v) is 3.58. The van der Waals surface area contributed by atoms with Crippen LogP contribution in [0, 0.1) is 0 Å². The molecule has 3 heterocycles. The zero-order valence-electron chi connectivity index (χ0n) is 10.1. The van der Waals surface area contributed by atoms with E-state index in [0.29, 0.717) is 22.2 Å². The summed E-state index contributed by atoms with van der Waals surface area (Å²) < 4.78 is 6.11. The molecule has 0 fully saturated rings. The van der Waals surface area contributed by atoms with E-state index < -0.39 is 0 Å². The van der Waals surface area contributed by atoms with Gasteiger partial charge in [-0.1, -0.05) is 11.3 Å². The lowest BCUT2D eigenvalue weighted by atomic mass is 10.1. The molecule has 3 aromatic heterocycles. The normalized spacial score (nSPS) is 10.8. The van der Waals surface area contributed by atoms with Crippen LogP contribution in [0.4, 0.5) is 10.8 Å². The maximum Gasteiger partial charge on any atom is 0.241 e. The molecule has 3 rings (SSSR count). The van der Waals surface area contributed by atoms with Gasteiger partial charge >= 0.3 is 0 Å². The Morgan fingerprint density at radius 1 is 1.21 bits per heavy atom. The van der Waals surface area contributed by atoms with Gasteiger partial charge in [-0.3, -0.25) is 4.98 Å². The summed E-state index contributed by atoms with van der Waals surface area (Å²) >= 11 is 1.39. The Kier molecular flexibility index (Phi) is 2.68. The number of nitrogens with two attached hydrogens (primary N) is 2. The van der Waals surface area contributed by atoms with Crippen LogP contribution in [0.2, 0.25) is 0 Å². The average molecular weight is 273 g/mol. The van der Waals surface area contributed by atoms with Gasteiger partial charge in [0.2, 0.25) is 5.88 Å². The Labute approximate surface area is 113 Å². The lowest BCUT2D eigenvalue weighted by Gasteiger charge is -2.05. The van der Waals surface area contributed by atoms with Crippen molar-refractivity contribution in [1.29, 1.82) is 0 Å². The highest BCUT2D eigenvalue weighted by Crippen LogP contribution is 2.37. The van der Waals surface area contributed by atoms with Crippen molar-refractivity contribution in [1.82, 2.24) is 15.0 Å². The molecular formula is C12H11N5OS. The quantitative estimate of drug-likeness (QED) is 0.740. The van der Waals surface area contributed by atoms with E-state index in [-0.39, 0.29) is 0 Å². The number of nitrogen functional groups attached to an aromatic ring is 2. The predicted octanol–water partition coefficient (Wildman–Crippen LogP) is 1.93. The first-order chi connectivity index (χ1) is 9.19. The maximum atomic E-state index is 5.77. The van der Waals surface area contributed by atoms with E-state index in [1.54, 1.807) is 25.7 Å². The van der Waals surface area contributed by atoms with Gasteiger partial charge in [-0.25, -0.2) is 9.97 Å². The topological polar surface area (TPSA) is 99.9 Å². The summed E-state index contributed by atoms with van der Waals surface area (Å²) in [6.07, 6.45) is 5.04. The third-order valence-electron chi connectivity index (χ3n) is 2.67. The first kappa shape index (κ1) is 11.7. The third kappa shape index (κ3) is 1.93. The first-order valence-electron chi connectivity index (χ1n) is 5.49. The highest BCUT2D eigenvalue weighted by atomic mass is 32.1. The van der Waals surface area contributed by atoms with E-state index in [9.17, 15) is 0 Å². The van der Waals surface area contributed by atoms with E-state index in [1.165, 1.54) is 11.3 Å². The molecule has 0 aliphatic heterocycles. The molecule has 0 saturated carbocycles. The van der Waals surface area contributed by atoms with Crippen LogP contribution in [0.3, 0.4) is 0 Å². The second-order valence-electron chi connectivity index (χ2n) is 3.92. The number of hydrogen-bond donors (Lipinski definition) is 2. The minimum absolute atomic E-state index is 0.462. The number of methoxy groups -OCH3 is 1. The van der Waals surface area contributed by atoms with Crippen LogP contribution in [0.15, 0.2) is 24.7 Å².